The van der Waals surface area contributed by atoms with E-state index in [1.165, 1.54) is 0 Å². The summed E-state index contributed by atoms with van der Waals surface area (Å²) >= 11 is 0. The molecule has 4 nitrogen and oxygen atoms in total. The Hall–Kier alpha value is -2.75. The standard InChI is InChI=1S/C17H16N4/c1-3-15(13-7-5-4-6-8-13)21-12(2)14-11-20-17-16(14)18-9-10-19-17/h3-11H,1-2H3,(H,19,20)/b15-3-,21-12+. The van der Waals surface area contributed by atoms with Crippen molar-refractivity contribution in [1.29, 1.82) is 0 Å². The van der Waals surface area contributed by atoms with Crippen molar-refractivity contribution in [2.45, 2.75) is 13.8 Å². The first-order valence-corrected chi connectivity index (χ1v) is 6.85. The maximum Gasteiger partial charge on any atom is 0.156 e. The predicted octanol–water partition coefficient (Wildman–Crippen LogP) is 3.83. The Morgan fingerprint density at radius 1 is 1.14 bits per heavy atom. The first kappa shape index (κ1) is 13.2. The van der Waals surface area contributed by atoms with Gasteiger partial charge in [-0.3, -0.25) is 9.98 Å². The third kappa shape index (κ3) is 2.60. The van der Waals surface area contributed by atoms with Gasteiger partial charge in [-0.1, -0.05) is 36.4 Å². The summed E-state index contributed by atoms with van der Waals surface area (Å²) in [6, 6.07) is 10.1. The Balaban J connectivity index is 2.03. The summed E-state index contributed by atoms with van der Waals surface area (Å²) in [5, 5.41) is 0. The minimum atomic E-state index is 0.781. The molecular formula is C17H16N4. The zero-order valence-electron chi connectivity index (χ0n) is 12.0. The van der Waals surface area contributed by atoms with Crippen molar-refractivity contribution < 1.29 is 0 Å². The third-order valence-corrected chi connectivity index (χ3v) is 3.33. The molecule has 0 saturated heterocycles. The van der Waals surface area contributed by atoms with Crippen LogP contribution in [0.1, 0.15) is 25.0 Å². The first-order chi connectivity index (χ1) is 10.3. The van der Waals surface area contributed by atoms with Crippen molar-refractivity contribution in [3.05, 3.63) is 66.1 Å². The van der Waals surface area contributed by atoms with Gasteiger partial charge >= 0.3 is 0 Å². The van der Waals surface area contributed by atoms with Gasteiger partial charge < -0.3 is 4.98 Å². The number of aliphatic imine (C=N–C) groups is 1. The monoisotopic (exact) mass is 276 g/mol. The van der Waals surface area contributed by atoms with Gasteiger partial charge in [0.25, 0.3) is 0 Å². The molecule has 3 rings (SSSR count). The van der Waals surface area contributed by atoms with Gasteiger partial charge in [0.05, 0.1) is 5.70 Å². The van der Waals surface area contributed by atoms with E-state index in [-0.39, 0.29) is 0 Å². The summed E-state index contributed by atoms with van der Waals surface area (Å²) in [7, 11) is 0. The van der Waals surface area contributed by atoms with Crippen LogP contribution in [0, 0.1) is 0 Å². The molecule has 0 unspecified atom stereocenters. The van der Waals surface area contributed by atoms with Crippen LogP contribution in [0.25, 0.3) is 16.9 Å². The van der Waals surface area contributed by atoms with E-state index in [9.17, 15) is 0 Å². The maximum atomic E-state index is 4.75. The summed E-state index contributed by atoms with van der Waals surface area (Å²) in [6.07, 6.45) is 7.29. The number of nitrogens with one attached hydrogen (secondary N) is 1. The van der Waals surface area contributed by atoms with Gasteiger partial charge in [0.1, 0.15) is 5.52 Å². The molecule has 0 aliphatic heterocycles. The minimum absolute atomic E-state index is 0.781. The van der Waals surface area contributed by atoms with Crippen LogP contribution >= 0.6 is 0 Å². The number of hydrogen-bond donors (Lipinski definition) is 1. The second kappa shape index (κ2) is 5.71. The Bertz CT molecular complexity index is 813. The first-order valence-electron chi connectivity index (χ1n) is 6.85. The number of aromatic nitrogens is 3. The molecule has 0 aliphatic rings. The molecule has 0 atom stereocenters. The number of fused-ring (bicyclic) bond motifs is 1. The van der Waals surface area contributed by atoms with E-state index in [1.54, 1.807) is 12.4 Å². The summed E-state index contributed by atoms with van der Waals surface area (Å²) in [6.45, 7) is 3.98. The van der Waals surface area contributed by atoms with Crippen molar-refractivity contribution >= 4 is 22.6 Å². The lowest BCUT2D eigenvalue weighted by molar-refractivity contribution is 1.26. The second-order valence-electron chi connectivity index (χ2n) is 4.69. The fraction of sp³-hybridized carbons (Fsp3) is 0.118. The number of rotatable bonds is 3. The molecule has 0 aliphatic carbocycles. The molecule has 0 bridgehead atoms. The number of hydrogen-bond acceptors (Lipinski definition) is 3. The fourth-order valence-electron chi connectivity index (χ4n) is 2.27. The minimum Gasteiger partial charge on any atom is -0.344 e. The lowest BCUT2D eigenvalue weighted by Gasteiger charge is -2.04. The van der Waals surface area contributed by atoms with Gasteiger partial charge in [-0.15, -0.1) is 0 Å². The lowest BCUT2D eigenvalue weighted by Crippen LogP contribution is -1.95. The molecule has 2 heterocycles. The number of aromatic amines is 1. The van der Waals surface area contributed by atoms with Crippen LogP contribution in [-0.2, 0) is 0 Å². The van der Waals surface area contributed by atoms with Gasteiger partial charge in [0.15, 0.2) is 5.65 Å². The molecule has 4 heteroatoms. The average molecular weight is 276 g/mol. The summed E-state index contributed by atoms with van der Waals surface area (Å²) in [5.74, 6) is 0. The van der Waals surface area contributed by atoms with Gasteiger partial charge in [-0.25, -0.2) is 4.98 Å². The average Bonchev–Trinajstić information content (AvgIpc) is 2.97. The third-order valence-electron chi connectivity index (χ3n) is 3.33. The molecular weight excluding hydrogens is 260 g/mol. The zero-order chi connectivity index (χ0) is 14.7. The van der Waals surface area contributed by atoms with Crippen LogP contribution in [0.2, 0.25) is 0 Å². The molecule has 1 N–H and O–H groups in total. The highest BCUT2D eigenvalue weighted by Gasteiger charge is 2.09. The summed E-state index contributed by atoms with van der Waals surface area (Å²) in [4.78, 5) is 16.5. The molecule has 1 aromatic carbocycles. The Labute approximate surface area is 123 Å². The van der Waals surface area contributed by atoms with E-state index in [2.05, 4.69) is 27.1 Å². The van der Waals surface area contributed by atoms with Crippen LogP contribution in [0.3, 0.4) is 0 Å². The molecule has 0 amide bonds. The Kier molecular flexibility index (Phi) is 3.60. The molecule has 0 spiro atoms. The van der Waals surface area contributed by atoms with Crippen LogP contribution in [0.4, 0.5) is 0 Å². The van der Waals surface area contributed by atoms with Crippen LogP contribution < -0.4 is 0 Å². The Morgan fingerprint density at radius 3 is 2.67 bits per heavy atom. The topological polar surface area (TPSA) is 53.9 Å². The highest BCUT2D eigenvalue weighted by atomic mass is 14.9. The molecule has 2 aromatic heterocycles. The van der Waals surface area contributed by atoms with E-state index < -0.39 is 0 Å². The fourth-order valence-corrected chi connectivity index (χ4v) is 2.27. The van der Waals surface area contributed by atoms with Crippen molar-refractivity contribution in [1.82, 2.24) is 15.0 Å². The normalized spacial score (nSPS) is 12.9. The van der Waals surface area contributed by atoms with Crippen molar-refractivity contribution in [2.75, 3.05) is 0 Å². The van der Waals surface area contributed by atoms with Crippen molar-refractivity contribution in [3.63, 3.8) is 0 Å². The lowest BCUT2D eigenvalue weighted by atomic mass is 10.1. The van der Waals surface area contributed by atoms with E-state index in [4.69, 9.17) is 4.99 Å². The predicted molar refractivity (Wildman–Crippen MR) is 86.2 cm³/mol. The quantitative estimate of drug-likeness (QED) is 0.739. The largest absolute Gasteiger partial charge is 0.344 e. The van der Waals surface area contributed by atoms with Crippen LogP contribution in [0.5, 0.6) is 0 Å². The van der Waals surface area contributed by atoms with E-state index in [1.807, 2.05) is 44.3 Å². The number of nitrogens with zero attached hydrogens (tertiary/aromatic N) is 3. The van der Waals surface area contributed by atoms with Crippen LogP contribution in [-0.4, -0.2) is 20.7 Å². The van der Waals surface area contributed by atoms with Crippen molar-refractivity contribution in [3.8, 4) is 0 Å². The van der Waals surface area contributed by atoms with E-state index >= 15 is 0 Å². The van der Waals surface area contributed by atoms with E-state index in [0.717, 1.165) is 33.7 Å². The summed E-state index contributed by atoms with van der Waals surface area (Å²) in [5.41, 5.74) is 5.58. The van der Waals surface area contributed by atoms with Gasteiger partial charge in [-0.05, 0) is 19.4 Å². The Morgan fingerprint density at radius 2 is 1.90 bits per heavy atom. The maximum absolute atomic E-state index is 4.75. The molecule has 0 saturated carbocycles. The highest BCUT2D eigenvalue weighted by Crippen LogP contribution is 2.19. The van der Waals surface area contributed by atoms with E-state index in [0.29, 0.717) is 0 Å². The second-order valence-corrected chi connectivity index (χ2v) is 4.69. The molecule has 0 fully saturated rings. The van der Waals surface area contributed by atoms with Gasteiger partial charge in [0, 0.05) is 29.9 Å². The zero-order valence-corrected chi connectivity index (χ0v) is 12.0. The molecule has 3 aromatic rings. The van der Waals surface area contributed by atoms with Gasteiger partial charge in [-0.2, -0.15) is 0 Å². The van der Waals surface area contributed by atoms with Crippen LogP contribution in [0.15, 0.2) is 60.0 Å². The molecule has 104 valence electrons. The SMILES string of the molecule is C/C=C(\N=C(/C)c1c[nH]c2nccnc12)c1ccccc1. The smallest absolute Gasteiger partial charge is 0.156 e. The van der Waals surface area contributed by atoms with Crippen molar-refractivity contribution in [2.24, 2.45) is 4.99 Å². The summed E-state index contributed by atoms with van der Waals surface area (Å²) < 4.78 is 0. The van der Waals surface area contributed by atoms with Gasteiger partial charge in [0.2, 0.25) is 0 Å². The molecule has 0 radical (unpaired) electrons. The highest BCUT2D eigenvalue weighted by molar-refractivity contribution is 6.09. The number of allylic oxidation sites excluding steroid dienone is 1. The number of benzene rings is 1. The molecule has 21 heavy (non-hydrogen) atoms. The number of H-pyrrole nitrogens is 1.